The van der Waals surface area contributed by atoms with Crippen LogP contribution in [0.5, 0.6) is 0 Å². The molecule has 0 bridgehead atoms. The number of ether oxygens (including phenoxy) is 1. The monoisotopic (exact) mass is 283 g/mol. The van der Waals surface area contributed by atoms with Gasteiger partial charge in [-0.3, -0.25) is 4.79 Å². The predicted octanol–water partition coefficient (Wildman–Crippen LogP) is 0.707. The largest absolute Gasteiger partial charge is 0.453 e. The fourth-order valence-electron chi connectivity index (χ4n) is 3.21. The van der Waals surface area contributed by atoms with E-state index in [1.54, 1.807) is 0 Å². The summed E-state index contributed by atoms with van der Waals surface area (Å²) in [6.07, 6.45) is 3.06. The van der Waals surface area contributed by atoms with Crippen LogP contribution in [0.3, 0.4) is 0 Å². The molecular formula is C14H25N3O3. The van der Waals surface area contributed by atoms with Gasteiger partial charge in [0.2, 0.25) is 5.91 Å². The Labute approximate surface area is 120 Å². The van der Waals surface area contributed by atoms with Crippen molar-refractivity contribution in [1.29, 1.82) is 0 Å². The van der Waals surface area contributed by atoms with Crippen LogP contribution in [0, 0.1) is 11.8 Å². The molecule has 3 N–H and O–H groups in total. The van der Waals surface area contributed by atoms with Crippen molar-refractivity contribution in [3.05, 3.63) is 0 Å². The topological polar surface area (TPSA) is 84.7 Å². The van der Waals surface area contributed by atoms with E-state index < -0.39 is 6.09 Å². The van der Waals surface area contributed by atoms with Gasteiger partial charge in [-0.15, -0.1) is 0 Å². The third-order valence-electron chi connectivity index (χ3n) is 4.59. The van der Waals surface area contributed by atoms with E-state index in [4.69, 9.17) is 5.73 Å². The number of carbonyl (C=O) groups excluding carboxylic acids is 2. The Morgan fingerprint density at radius 3 is 2.70 bits per heavy atom. The molecule has 0 aromatic carbocycles. The second-order valence-corrected chi connectivity index (χ2v) is 6.06. The third kappa shape index (κ3) is 3.42. The molecule has 2 fully saturated rings. The maximum Gasteiger partial charge on any atom is 0.407 e. The summed E-state index contributed by atoms with van der Waals surface area (Å²) in [7, 11) is 1.35. The molecule has 2 aliphatic rings. The summed E-state index contributed by atoms with van der Waals surface area (Å²) in [4.78, 5) is 25.5. The molecule has 20 heavy (non-hydrogen) atoms. The first-order valence-electron chi connectivity index (χ1n) is 7.40. The van der Waals surface area contributed by atoms with E-state index in [9.17, 15) is 9.59 Å². The van der Waals surface area contributed by atoms with Crippen molar-refractivity contribution < 1.29 is 14.3 Å². The Bertz CT molecular complexity index is 375. The van der Waals surface area contributed by atoms with Crippen LogP contribution in [-0.2, 0) is 9.53 Å². The molecule has 4 atom stereocenters. The fourth-order valence-corrected chi connectivity index (χ4v) is 3.21. The van der Waals surface area contributed by atoms with Crippen molar-refractivity contribution in [2.45, 2.75) is 44.7 Å². The molecule has 6 nitrogen and oxygen atoms in total. The zero-order chi connectivity index (χ0) is 14.7. The molecule has 2 amide bonds. The first-order valence-corrected chi connectivity index (χ1v) is 7.40. The van der Waals surface area contributed by atoms with Gasteiger partial charge in [0.05, 0.1) is 13.2 Å². The Kier molecular flexibility index (Phi) is 4.86. The molecule has 0 radical (unpaired) electrons. The maximum absolute atomic E-state index is 12.5. The van der Waals surface area contributed by atoms with Crippen molar-refractivity contribution in [3.8, 4) is 0 Å². The van der Waals surface area contributed by atoms with Crippen LogP contribution >= 0.6 is 0 Å². The molecule has 1 heterocycles. The van der Waals surface area contributed by atoms with Gasteiger partial charge in [0.25, 0.3) is 0 Å². The van der Waals surface area contributed by atoms with Crippen molar-refractivity contribution >= 4 is 12.0 Å². The highest BCUT2D eigenvalue weighted by molar-refractivity contribution is 5.79. The number of nitrogens with zero attached hydrogens (tertiary/aromatic N) is 1. The molecule has 114 valence electrons. The van der Waals surface area contributed by atoms with Crippen LogP contribution in [0.25, 0.3) is 0 Å². The SMILES string of the molecule is COC(=O)NC1CCN(C(=O)C2CCC(N)C(C)C2)C1. The zero-order valence-corrected chi connectivity index (χ0v) is 12.3. The number of methoxy groups -OCH3 is 1. The lowest BCUT2D eigenvalue weighted by Crippen LogP contribution is -2.43. The van der Waals surface area contributed by atoms with Crippen LogP contribution < -0.4 is 11.1 Å². The second kappa shape index (κ2) is 6.43. The highest BCUT2D eigenvalue weighted by Crippen LogP contribution is 2.30. The number of amides is 2. The van der Waals surface area contributed by atoms with Crippen LogP contribution in [0.15, 0.2) is 0 Å². The summed E-state index contributed by atoms with van der Waals surface area (Å²) in [5.41, 5.74) is 6.00. The molecule has 0 aromatic rings. The third-order valence-corrected chi connectivity index (χ3v) is 4.59. The van der Waals surface area contributed by atoms with Gasteiger partial charge in [0, 0.05) is 25.0 Å². The van der Waals surface area contributed by atoms with E-state index in [1.165, 1.54) is 7.11 Å². The number of carbonyl (C=O) groups is 2. The standard InChI is InChI=1S/C14H25N3O3/c1-9-7-10(3-4-12(9)15)13(18)17-6-5-11(8-17)16-14(19)20-2/h9-12H,3-8,15H2,1-2H3,(H,16,19). The van der Waals surface area contributed by atoms with E-state index in [2.05, 4.69) is 17.0 Å². The summed E-state index contributed by atoms with van der Waals surface area (Å²) in [5, 5.41) is 2.76. The van der Waals surface area contributed by atoms with E-state index in [1.807, 2.05) is 4.90 Å². The molecule has 2 rings (SSSR count). The van der Waals surface area contributed by atoms with Crippen molar-refractivity contribution in [2.24, 2.45) is 17.6 Å². The molecule has 1 aliphatic carbocycles. The molecular weight excluding hydrogens is 258 g/mol. The van der Waals surface area contributed by atoms with E-state index >= 15 is 0 Å². The van der Waals surface area contributed by atoms with Crippen LogP contribution in [-0.4, -0.2) is 49.2 Å². The Morgan fingerprint density at radius 2 is 2.05 bits per heavy atom. The van der Waals surface area contributed by atoms with Gasteiger partial charge < -0.3 is 20.7 Å². The maximum atomic E-state index is 12.5. The average molecular weight is 283 g/mol. The molecule has 6 heteroatoms. The summed E-state index contributed by atoms with van der Waals surface area (Å²) >= 11 is 0. The number of likely N-dealkylation sites (tertiary alicyclic amines) is 1. The molecule has 1 saturated carbocycles. The van der Waals surface area contributed by atoms with Crippen LogP contribution in [0.2, 0.25) is 0 Å². The predicted molar refractivity (Wildman–Crippen MR) is 75.0 cm³/mol. The quantitative estimate of drug-likeness (QED) is 0.781. The Hall–Kier alpha value is -1.30. The normalized spacial score (nSPS) is 33.9. The first kappa shape index (κ1) is 15.1. The molecule has 0 spiro atoms. The zero-order valence-electron chi connectivity index (χ0n) is 12.3. The number of nitrogens with two attached hydrogens (primary N) is 1. The van der Waals surface area contributed by atoms with Gasteiger partial charge in [0.1, 0.15) is 0 Å². The average Bonchev–Trinajstić information content (AvgIpc) is 2.89. The molecule has 1 aliphatic heterocycles. The summed E-state index contributed by atoms with van der Waals surface area (Å²) in [6.45, 7) is 3.42. The smallest absolute Gasteiger partial charge is 0.407 e. The van der Waals surface area contributed by atoms with E-state index in [0.29, 0.717) is 19.0 Å². The molecule has 1 saturated heterocycles. The van der Waals surface area contributed by atoms with E-state index in [0.717, 1.165) is 25.7 Å². The minimum absolute atomic E-state index is 0.00895. The lowest BCUT2D eigenvalue weighted by atomic mass is 9.79. The van der Waals surface area contributed by atoms with Gasteiger partial charge in [-0.1, -0.05) is 6.92 Å². The minimum Gasteiger partial charge on any atom is -0.453 e. The van der Waals surface area contributed by atoms with Gasteiger partial charge in [-0.25, -0.2) is 4.79 Å². The first-order chi connectivity index (χ1) is 9.51. The summed E-state index contributed by atoms with van der Waals surface area (Å²) < 4.78 is 4.58. The Morgan fingerprint density at radius 1 is 1.30 bits per heavy atom. The van der Waals surface area contributed by atoms with Crippen LogP contribution in [0.1, 0.15) is 32.6 Å². The summed E-state index contributed by atoms with van der Waals surface area (Å²) in [6, 6.07) is 0.237. The van der Waals surface area contributed by atoms with Crippen LogP contribution in [0.4, 0.5) is 4.79 Å². The van der Waals surface area contributed by atoms with Crippen molar-refractivity contribution in [1.82, 2.24) is 10.2 Å². The number of alkyl carbamates (subject to hydrolysis) is 1. The lowest BCUT2D eigenvalue weighted by molar-refractivity contribution is -0.136. The Balaban J connectivity index is 1.83. The van der Waals surface area contributed by atoms with Crippen molar-refractivity contribution in [3.63, 3.8) is 0 Å². The number of nitrogens with one attached hydrogen (secondary N) is 1. The lowest BCUT2D eigenvalue weighted by Gasteiger charge is -2.33. The fraction of sp³-hybridized carbons (Fsp3) is 0.857. The highest BCUT2D eigenvalue weighted by atomic mass is 16.5. The molecule has 4 unspecified atom stereocenters. The number of rotatable bonds is 2. The van der Waals surface area contributed by atoms with Gasteiger partial charge in [-0.05, 0) is 31.6 Å². The molecule has 0 aromatic heterocycles. The number of hydrogen-bond acceptors (Lipinski definition) is 4. The van der Waals surface area contributed by atoms with Crippen molar-refractivity contribution in [2.75, 3.05) is 20.2 Å². The van der Waals surface area contributed by atoms with Gasteiger partial charge >= 0.3 is 6.09 Å². The van der Waals surface area contributed by atoms with Gasteiger partial charge in [-0.2, -0.15) is 0 Å². The summed E-state index contributed by atoms with van der Waals surface area (Å²) in [5.74, 6) is 0.726. The van der Waals surface area contributed by atoms with Gasteiger partial charge in [0.15, 0.2) is 0 Å². The van der Waals surface area contributed by atoms with E-state index in [-0.39, 0.29) is 23.9 Å². The minimum atomic E-state index is -0.429. The number of hydrogen-bond donors (Lipinski definition) is 2. The highest BCUT2D eigenvalue weighted by Gasteiger charge is 2.35. The second-order valence-electron chi connectivity index (χ2n) is 6.06.